The van der Waals surface area contributed by atoms with Crippen LogP contribution in [0, 0.1) is 0 Å². The lowest BCUT2D eigenvalue weighted by Crippen LogP contribution is -1.95. The van der Waals surface area contributed by atoms with Gasteiger partial charge in [-0.2, -0.15) is 0 Å². The van der Waals surface area contributed by atoms with Gasteiger partial charge >= 0.3 is 0 Å². The Balaban J connectivity index is 2.32. The average Bonchev–Trinajstić information content (AvgIpc) is 2.60. The third-order valence-electron chi connectivity index (χ3n) is 3.40. The molecule has 0 fully saturated rings. The molecule has 2 aromatic carbocycles. The Kier molecular flexibility index (Phi) is 4.37. The standard InChI is InChI=1S/C16H12ClN5O2/c1-23-13-7-11-12(8-14(13)24-2)19-15(20-16(11)21-22-18)9-4-3-5-10(17)6-9/h3-8H,1-2H3. The molecule has 0 aliphatic heterocycles. The quantitative estimate of drug-likeness (QED) is 0.383. The van der Waals surface area contributed by atoms with E-state index in [2.05, 4.69) is 20.0 Å². The molecule has 0 aliphatic rings. The SMILES string of the molecule is COc1cc2nc(-c3cccc(Cl)c3)nc(N=[N+]=[N-])c2cc1OC. The van der Waals surface area contributed by atoms with Gasteiger partial charge in [-0.25, -0.2) is 9.97 Å². The summed E-state index contributed by atoms with van der Waals surface area (Å²) in [5, 5.41) is 4.80. The van der Waals surface area contributed by atoms with Gasteiger partial charge in [-0.1, -0.05) is 23.7 Å². The van der Waals surface area contributed by atoms with Crippen molar-refractivity contribution in [2.75, 3.05) is 14.2 Å². The summed E-state index contributed by atoms with van der Waals surface area (Å²) in [6.45, 7) is 0. The molecule has 0 saturated carbocycles. The predicted molar refractivity (Wildman–Crippen MR) is 91.9 cm³/mol. The number of hydrogen-bond donors (Lipinski definition) is 0. The Labute approximate surface area is 142 Å². The fraction of sp³-hybridized carbons (Fsp3) is 0.125. The van der Waals surface area contributed by atoms with E-state index in [4.69, 9.17) is 26.6 Å². The summed E-state index contributed by atoms with van der Waals surface area (Å²) in [7, 11) is 3.06. The maximum Gasteiger partial charge on any atom is 0.162 e. The summed E-state index contributed by atoms with van der Waals surface area (Å²) >= 11 is 6.03. The number of rotatable bonds is 4. The lowest BCUT2D eigenvalue weighted by molar-refractivity contribution is 0.356. The number of methoxy groups -OCH3 is 2. The number of ether oxygens (including phenoxy) is 2. The number of aromatic nitrogens is 2. The fourth-order valence-corrected chi connectivity index (χ4v) is 2.51. The normalized spacial score (nSPS) is 10.3. The van der Waals surface area contributed by atoms with Gasteiger partial charge in [-0.05, 0) is 28.8 Å². The van der Waals surface area contributed by atoms with E-state index in [1.807, 2.05) is 6.07 Å². The molecule has 7 nitrogen and oxygen atoms in total. The minimum Gasteiger partial charge on any atom is -0.493 e. The van der Waals surface area contributed by atoms with E-state index in [1.165, 1.54) is 14.2 Å². The molecular weight excluding hydrogens is 330 g/mol. The highest BCUT2D eigenvalue weighted by Gasteiger charge is 2.13. The summed E-state index contributed by atoms with van der Waals surface area (Å²) in [5.41, 5.74) is 10.1. The molecule has 120 valence electrons. The molecule has 1 aromatic heterocycles. The zero-order chi connectivity index (χ0) is 17.1. The van der Waals surface area contributed by atoms with Crippen molar-refractivity contribution in [3.05, 3.63) is 51.9 Å². The summed E-state index contributed by atoms with van der Waals surface area (Å²) in [6.07, 6.45) is 0. The average molecular weight is 342 g/mol. The first-order chi connectivity index (χ1) is 11.7. The summed E-state index contributed by atoms with van der Waals surface area (Å²) < 4.78 is 10.6. The highest BCUT2D eigenvalue weighted by atomic mass is 35.5. The first-order valence-corrected chi connectivity index (χ1v) is 7.29. The maximum absolute atomic E-state index is 8.83. The van der Waals surface area contributed by atoms with Crippen molar-refractivity contribution in [2.24, 2.45) is 5.11 Å². The van der Waals surface area contributed by atoms with Crippen LogP contribution in [0.2, 0.25) is 5.02 Å². The fourth-order valence-electron chi connectivity index (χ4n) is 2.31. The zero-order valence-electron chi connectivity index (χ0n) is 12.9. The second kappa shape index (κ2) is 6.62. The number of halogens is 1. The molecule has 0 saturated heterocycles. The lowest BCUT2D eigenvalue weighted by atomic mass is 10.1. The Morgan fingerprint density at radius 1 is 1.08 bits per heavy atom. The van der Waals surface area contributed by atoms with E-state index in [0.29, 0.717) is 38.8 Å². The van der Waals surface area contributed by atoms with Crippen LogP contribution >= 0.6 is 11.6 Å². The number of azide groups is 1. The highest BCUT2D eigenvalue weighted by molar-refractivity contribution is 6.30. The van der Waals surface area contributed by atoms with Crippen LogP contribution in [0.1, 0.15) is 0 Å². The van der Waals surface area contributed by atoms with Crippen LogP contribution in [0.4, 0.5) is 5.82 Å². The van der Waals surface area contributed by atoms with Crippen molar-refractivity contribution in [3.63, 3.8) is 0 Å². The van der Waals surface area contributed by atoms with E-state index in [1.54, 1.807) is 30.3 Å². The van der Waals surface area contributed by atoms with Crippen molar-refractivity contribution >= 4 is 28.3 Å². The van der Waals surface area contributed by atoms with Crippen LogP contribution < -0.4 is 9.47 Å². The second-order valence-electron chi connectivity index (χ2n) is 4.79. The molecule has 3 aromatic rings. The van der Waals surface area contributed by atoms with Gasteiger partial charge in [-0.15, -0.1) is 0 Å². The molecule has 24 heavy (non-hydrogen) atoms. The van der Waals surface area contributed by atoms with E-state index < -0.39 is 0 Å². The van der Waals surface area contributed by atoms with Crippen molar-refractivity contribution in [1.82, 2.24) is 9.97 Å². The first kappa shape index (κ1) is 15.9. The third-order valence-corrected chi connectivity index (χ3v) is 3.64. The van der Waals surface area contributed by atoms with Gasteiger partial charge in [0.25, 0.3) is 0 Å². The van der Waals surface area contributed by atoms with Crippen molar-refractivity contribution in [1.29, 1.82) is 0 Å². The molecule has 0 amide bonds. The lowest BCUT2D eigenvalue weighted by Gasteiger charge is -2.11. The molecule has 0 radical (unpaired) electrons. The first-order valence-electron chi connectivity index (χ1n) is 6.91. The summed E-state index contributed by atoms with van der Waals surface area (Å²) in [5.74, 6) is 1.63. The Hall–Kier alpha value is -3.02. The van der Waals surface area contributed by atoms with E-state index in [-0.39, 0.29) is 5.82 Å². The van der Waals surface area contributed by atoms with Crippen LogP contribution in [0.15, 0.2) is 41.5 Å². The van der Waals surface area contributed by atoms with Gasteiger partial charge in [0.05, 0.1) is 19.7 Å². The Bertz CT molecular complexity index is 970. The molecule has 0 unspecified atom stereocenters. The molecule has 0 bridgehead atoms. The minimum atomic E-state index is 0.207. The Morgan fingerprint density at radius 2 is 1.83 bits per heavy atom. The predicted octanol–water partition coefficient (Wildman–Crippen LogP) is 4.91. The van der Waals surface area contributed by atoms with Crippen molar-refractivity contribution in [3.8, 4) is 22.9 Å². The van der Waals surface area contributed by atoms with Crippen LogP contribution in [0.25, 0.3) is 32.7 Å². The maximum atomic E-state index is 8.83. The number of nitrogens with zero attached hydrogens (tertiary/aromatic N) is 5. The summed E-state index contributed by atoms with van der Waals surface area (Å²) in [6, 6.07) is 10.5. The topological polar surface area (TPSA) is 93.0 Å². The van der Waals surface area contributed by atoms with Crippen LogP contribution in [-0.4, -0.2) is 24.2 Å². The molecule has 0 N–H and O–H groups in total. The second-order valence-corrected chi connectivity index (χ2v) is 5.23. The number of fused-ring (bicyclic) bond motifs is 1. The van der Waals surface area contributed by atoms with E-state index in [9.17, 15) is 0 Å². The van der Waals surface area contributed by atoms with E-state index in [0.717, 1.165) is 0 Å². The molecule has 0 atom stereocenters. The van der Waals surface area contributed by atoms with E-state index >= 15 is 0 Å². The van der Waals surface area contributed by atoms with Gasteiger partial charge in [-0.3, -0.25) is 0 Å². The number of hydrogen-bond acceptors (Lipinski definition) is 5. The molecule has 1 heterocycles. The highest BCUT2D eigenvalue weighted by Crippen LogP contribution is 2.36. The largest absolute Gasteiger partial charge is 0.493 e. The van der Waals surface area contributed by atoms with Crippen LogP contribution in [0.5, 0.6) is 11.5 Å². The minimum absolute atomic E-state index is 0.207. The van der Waals surface area contributed by atoms with Gasteiger partial charge in [0.2, 0.25) is 0 Å². The molecule has 3 rings (SSSR count). The molecule has 0 spiro atoms. The molecule has 8 heteroatoms. The third kappa shape index (κ3) is 2.90. The molecule has 0 aliphatic carbocycles. The van der Waals surface area contributed by atoms with Crippen molar-refractivity contribution in [2.45, 2.75) is 0 Å². The van der Waals surface area contributed by atoms with Gasteiger partial charge < -0.3 is 9.47 Å². The Morgan fingerprint density at radius 3 is 2.50 bits per heavy atom. The van der Waals surface area contributed by atoms with Gasteiger partial charge in [0.1, 0.15) is 5.82 Å². The van der Waals surface area contributed by atoms with Crippen molar-refractivity contribution < 1.29 is 9.47 Å². The zero-order valence-corrected chi connectivity index (χ0v) is 13.7. The number of benzene rings is 2. The smallest absolute Gasteiger partial charge is 0.162 e. The monoisotopic (exact) mass is 341 g/mol. The van der Waals surface area contributed by atoms with Gasteiger partial charge in [0.15, 0.2) is 17.3 Å². The van der Waals surface area contributed by atoms with Crippen LogP contribution in [-0.2, 0) is 0 Å². The van der Waals surface area contributed by atoms with Gasteiger partial charge in [0, 0.05) is 27.0 Å². The summed E-state index contributed by atoms with van der Waals surface area (Å²) in [4.78, 5) is 11.7. The molecular formula is C16H12ClN5O2. The van der Waals surface area contributed by atoms with Crippen LogP contribution in [0.3, 0.4) is 0 Å².